The molecule has 1 saturated heterocycles. The summed E-state index contributed by atoms with van der Waals surface area (Å²) in [5, 5.41) is 3.50. The number of hydrogen-bond acceptors (Lipinski definition) is 3. The molecule has 0 unspecified atom stereocenters. The van der Waals surface area contributed by atoms with E-state index in [0.717, 1.165) is 37.8 Å². The lowest BCUT2D eigenvalue weighted by atomic mass is 9.89. The second kappa shape index (κ2) is 11.7. The number of nitrogens with zero attached hydrogens (tertiary/aromatic N) is 1. The molecule has 1 atom stereocenters. The van der Waals surface area contributed by atoms with Gasteiger partial charge in [-0.25, -0.2) is 0 Å². The van der Waals surface area contributed by atoms with Gasteiger partial charge in [-0.2, -0.15) is 0 Å². The number of rotatable bonds is 6. The van der Waals surface area contributed by atoms with E-state index in [-0.39, 0.29) is 24.8 Å². The van der Waals surface area contributed by atoms with Gasteiger partial charge in [0.25, 0.3) is 0 Å². The highest BCUT2D eigenvalue weighted by atomic mass is 35.5. The van der Waals surface area contributed by atoms with Crippen molar-refractivity contribution in [2.75, 3.05) is 26.2 Å². The van der Waals surface area contributed by atoms with Crippen LogP contribution in [0.1, 0.15) is 42.9 Å². The Labute approximate surface area is 181 Å². The molecule has 2 aromatic rings. The fourth-order valence-electron chi connectivity index (χ4n) is 4.57. The van der Waals surface area contributed by atoms with E-state index in [2.05, 4.69) is 64.8 Å². The van der Waals surface area contributed by atoms with Crippen LogP contribution in [0.4, 0.5) is 0 Å². The van der Waals surface area contributed by atoms with Gasteiger partial charge in [0.15, 0.2) is 0 Å². The number of piperazine rings is 1. The first-order valence-electron chi connectivity index (χ1n) is 10.1. The highest BCUT2D eigenvalue weighted by molar-refractivity contribution is 5.85. The van der Waals surface area contributed by atoms with E-state index >= 15 is 0 Å². The zero-order chi connectivity index (χ0) is 17.6. The summed E-state index contributed by atoms with van der Waals surface area (Å²) in [6.45, 7) is 5.09. The fraction of sp³-hybridized carbons (Fsp3) is 0.478. The minimum Gasteiger partial charge on any atom is -0.489 e. The van der Waals surface area contributed by atoms with Crippen LogP contribution < -0.4 is 10.1 Å². The van der Waals surface area contributed by atoms with Gasteiger partial charge >= 0.3 is 0 Å². The molecule has 154 valence electrons. The van der Waals surface area contributed by atoms with Crippen molar-refractivity contribution in [3.8, 4) is 5.75 Å². The largest absolute Gasteiger partial charge is 0.489 e. The topological polar surface area (TPSA) is 24.5 Å². The Balaban J connectivity index is 0.00000140. The molecule has 4 rings (SSSR count). The smallest absolute Gasteiger partial charge is 0.124 e. The number of hydrogen-bond donors (Lipinski definition) is 1. The lowest BCUT2D eigenvalue weighted by Gasteiger charge is -2.39. The van der Waals surface area contributed by atoms with Crippen LogP contribution in [0.2, 0.25) is 0 Å². The molecule has 28 heavy (non-hydrogen) atoms. The maximum absolute atomic E-state index is 6.31. The molecule has 2 fully saturated rings. The van der Waals surface area contributed by atoms with E-state index in [9.17, 15) is 0 Å². The normalized spacial score (nSPS) is 18.7. The molecule has 2 aromatic carbocycles. The molecular formula is C23H32Cl2N2O. The van der Waals surface area contributed by atoms with Gasteiger partial charge in [-0.15, -0.1) is 24.8 Å². The third kappa shape index (κ3) is 5.64. The molecule has 1 aliphatic carbocycles. The van der Waals surface area contributed by atoms with E-state index in [0.29, 0.717) is 12.6 Å². The molecule has 5 heteroatoms. The Hall–Kier alpha value is -1.26. The van der Waals surface area contributed by atoms with E-state index in [1.165, 1.54) is 36.8 Å². The van der Waals surface area contributed by atoms with Crippen molar-refractivity contribution in [3.05, 3.63) is 65.7 Å². The molecular weight excluding hydrogens is 391 g/mol. The fourth-order valence-corrected chi connectivity index (χ4v) is 4.57. The Bertz CT molecular complexity index is 686. The second-order valence-corrected chi connectivity index (χ2v) is 7.59. The van der Waals surface area contributed by atoms with Gasteiger partial charge in [0.05, 0.1) is 0 Å². The van der Waals surface area contributed by atoms with Crippen LogP contribution >= 0.6 is 24.8 Å². The molecule has 3 nitrogen and oxygen atoms in total. The van der Waals surface area contributed by atoms with Gasteiger partial charge < -0.3 is 10.1 Å². The van der Waals surface area contributed by atoms with Crippen molar-refractivity contribution in [2.45, 2.75) is 38.3 Å². The number of para-hydroxylation sites is 1. The van der Waals surface area contributed by atoms with E-state index < -0.39 is 0 Å². The Morgan fingerprint density at radius 2 is 1.54 bits per heavy atom. The maximum atomic E-state index is 6.31. The first kappa shape index (κ1) is 23.0. The summed E-state index contributed by atoms with van der Waals surface area (Å²) in [7, 11) is 0. The summed E-state index contributed by atoms with van der Waals surface area (Å²) in [5.74, 6) is 1.82. The molecule has 0 radical (unpaired) electrons. The maximum Gasteiger partial charge on any atom is 0.124 e. The van der Waals surface area contributed by atoms with Crippen molar-refractivity contribution in [1.29, 1.82) is 0 Å². The molecule has 0 spiro atoms. The summed E-state index contributed by atoms with van der Waals surface area (Å²) in [6.07, 6.45) is 5.45. The first-order chi connectivity index (χ1) is 12.9. The van der Waals surface area contributed by atoms with E-state index in [4.69, 9.17) is 4.74 Å². The van der Waals surface area contributed by atoms with E-state index in [1.54, 1.807) is 0 Å². The van der Waals surface area contributed by atoms with Crippen LogP contribution in [0.3, 0.4) is 0 Å². The van der Waals surface area contributed by atoms with Gasteiger partial charge in [0.1, 0.15) is 12.4 Å². The summed E-state index contributed by atoms with van der Waals surface area (Å²) in [5.41, 5.74) is 2.61. The number of benzene rings is 2. The van der Waals surface area contributed by atoms with Crippen LogP contribution in [0.25, 0.3) is 0 Å². The number of ether oxygens (including phenoxy) is 1. The molecule has 1 N–H and O–H groups in total. The molecule has 1 saturated carbocycles. The average Bonchev–Trinajstić information content (AvgIpc) is 3.23. The standard InChI is InChI=1S/C23H30N2O.2ClH/c1-2-8-19(9-3-1)18-26-22-13-7-6-12-21(22)23(20-10-4-5-11-20)25-16-14-24-15-17-25;;/h1-3,6-9,12-13,20,23-24H,4-5,10-11,14-18H2;2*1H/t23-;;/m0../s1. The molecule has 1 heterocycles. The first-order valence-corrected chi connectivity index (χ1v) is 10.1. The highest BCUT2D eigenvalue weighted by Crippen LogP contribution is 2.42. The predicted molar refractivity (Wildman–Crippen MR) is 121 cm³/mol. The second-order valence-electron chi connectivity index (χ2n) is 7.59. The zero-order valence-electron chi connectivity index (χ0n) is 16.4. The van der Waals surface area contributed by atoms with Crippen LogP contribution in [-0.4, -0.2) is 31.1 Å². The molecule has 0 bridgehead atoms. The molecule has 0 amide bonds. The SMILES string of the molecule is Cl.Cl.c1ccc(COc2ccccc2[C@H](C2CCCC2)N2CCNCC2)cc1. The minimum atomic E-state index is 0. The molecule has 2 aliphatic rings. The van der Waals surface area contributed by atoms with Crippen molar-refractivity contribution in [3.63, 3.8) is 0 Å². The van der Waals surface area contributed by atoms with Crippen molar-refractivity contribution in [2.24, 2.45) is 5.92 Å². The van der Waals surface area contributed by atoms with Gasteiger partial charge in [0.2, 0.25) is 0 Å². The lowest BCUT2D eigenvalue weighted by Crippen LogP contribution is -2.46. The average molecular weight is 423 g/mol. The Kier molecular flexibility index (Phi) is 9.60. The van der Waals surface area contributed by atoms with Crippen LogP contribution in [0.5, 0.6) is 5.75 Å². The minimum absolute atomic E-state index is 0. The summed E-state index contributed by atoms with van der Waals surface area (Å²) >= 11 is 0. The number of halogens is 2. The van der Waals surface area contributed by atoms with Crippen LogP contribution in [0.15, 0.2) is 54.6 Å². The third-order valence-electron chi connectivity index (χ3n) is 5.87. The van der Waals surface area contributed by atoms with Crippen LogP contribution in [-0.2, 0) is 6.61 Å². The molecule has 1 aliphatic heterocycles. The monoisotopic (exact) mass is 422 g/mol. The summed E-state index contributed by atoms with van der Waals surface area (Å²) in [4.78, 5) is 2.69. The van der Waals surface area contributed by atoms with Crippen LogP contribution in [0, 0.1) is 5.92 Å². The van der Waals surface area contributed by atoms with Crippen molar-refractivity contribution >= 4 is 24.8 Å². The Morgan fingerprint density at radius 3 is 2.25 bits per heavy atom. The summed E-state index contributed by atoms with van der Waals surface area (Å²) < 4.78 is 6.31. The third-order valence-corrected chi connectivity index (χ3v) is 5.87. The Morgan fingerprint density at radius 1 is 0.893 bits per heavy atom. The lowest BCUT2D eigenvalue weighted by molar-refractivity contribution is 0.122. The van der Waals surface area contributed by atoms with Gasteiger partial charge in [0, 0.05) is 37.8 Å². The zero-order valence-corrected chi connectivity index (χ0v) is 18.0. The summed E-state index contributed by atoms with van der Waals surface area (Å²) in [6, 6.07) is 19.7. The quantitative estimate of drug-likeness (QED) is 0.687. The van der Waals surface area contributed by atoms with Gasteiger partial charge in [-0.1, -0.05) is 61.4 Å². The molecule has 0 aromatic heterocycles. The van der Waals surface area contributed by atoms with E-state index in [1.807, 2.05) is 0 Å². The predicted octanol–water partition coefficient (Wildman–Crippen LogP) is 5.25. The van der Waals surface area contributed by atoms with Gasteiger partial charge in [-0.05, 0) is 30.4 Å². The number of nitrogens with one attached hydrogen (secondary N) is 1. The van der Waals surface area contributed by atoms with Gasteiger partial charge in [-0.3, -0.25) is 4.90 Å². The van der Waals surface area contributed by atoms with Crippen molar-refractivity contribution in [1.82, 2.24) is 10.2 Å². The highest BCUT2D eigenvalue weighted by Gasteiger charge is 2.33. The van der Waals surface area contributed by atoms with Crippen molar-refractivity contribution < 1.29 is 4.74 Å².